The van der Waals surface area contributed by atoms with Crippen LogP contribution in [0.2, 0.25) is 0 Å². The van der Waals surface area contributed by atoms with Crippen LogP contribution in [0, 0.1) is 5.92 Å². The number of hydrogen-bond acceptors (Lipinski definition) is 8. The molecule has 3 aliphatic rings. The number of thiazole rings is 1. The molecule has 7 rings (SSSR count). The van der Waals surface area contributed by atoms with E-state index in [4.69, 9.17) is 9.47 Å². The molecule has 4 heterocycles. The monoisotopic (exact) mass is 594 g/mol. The maximum absolute atomic E-state index is 13.7. The molecule has 0 radical (unpaired) electrons. The van der Waals surface area contributed by atoms with Crippen molar-refractivity contribution in [3.63, 3.8) is 0 Å². The molecule has 9 nitrogen and oxygen atoms in total. The number of nitrogens with zero attached hydrogens (tertiary/aromatic N) is 3. The van der Waals surface area contributed by atoms with Gasteiger partial charge < -0.3 is 19.7 Å². The van der Waals surface area contributed by atoms with Crippen LogP contribution in [0.5, 0.6) is 11.5 Å². The van der Waals surface area contributed by atoms with E-state index in [0.29, 0.717) is 47.9 Å². The summed E-state index contributed by atoms with van der Waals surface area (Å²) < 4.78 is 11.8. The molecule has 1 aromatic heterocycles. The van der Waals surface area contributed by atoms with Crippen molar-refractivity contribution in [2.75, 3.05) is 31.1 Å². The molecule has 4 aromatic rings. The lowest BCUT2D eigenvalue weighted by Crippen LogP contribution is -2.44. The van der Waals surface area contributed by atoms with E-state index in [2.05, 4.69) is 15.2 Å². The molecule has 1 saturated heterocycles. The lowest BCUT2D eigenvalue weighted by Gasteiger charge is -2.34. The van der Waals surface area contributed by atoms with Gasteiger partial charge in [-0.1, -0.05) is 48.5 Å². The summed E-state index contributed by atoms with van der Waals surface area (Å²) in [7, 11) is 0. The quantitative estimate of drug-likeness (QED) is 0.308. The lowest BCUT2D eigenvalue weighted by molar-refractivity contribution is -0.125. The SMILES string of the molecule is O=C(NCc1nc(-c2ccccc2)cs1)[C@H]1CCCN(c2cccc3c2C(=O)N(C[C@@H]2COc4ccccc4O2)C3=O)C1. The second-order valence-electron chi connectivity index (χ2n) is 10.9. The summed E-state index contributed by atoms with van der Waals surface area (Å²) in [6.45, 7) is 1.87. The van der Waals surface area contributed by atoms with Gasteiger partial charge in [-0.25, -0.2) is 4.98 Å². The minimum atomic E-state index is -0.467. The maximum Gasteiger partial charge on any atom is 0.263 e. The van der Waals surface area contributed by atoms with Crippen molar-refractivity contribution in [1.82, 2.24) is 15.2 Å². The molecule has 3 aromatic carbocycles. The summed E-state index contributed by atoms with van der Waals surface area (Å²) in [5, 5.41) is 5.91. The number of benzene rings is 3. The molecule has 3 amide bonds. The molecular weight excluding hydrogens is 564 g/mol. The third kappa shape index (κ3) is 5.34. The number of aromatic nitrogens is 1. The average Bonchev–Trinajstić information content (AvgIpc) is 3.63. The van der Waals surface area contributed by atoms with Crippen molar-refractivity contribution in [3.05, 3.63) is 94.3 Å². The summed E-state index contributed by atoms with van der Waals surface area (Å²) in [6.07, 6.45) is 1.09. The molecule has 0 bridgehead atoms. The topological polar surface area (TPSA) is 101 Å². The van der Waals surface area contributed by atoms with Crippen LogP contribution in [-0.2, 0) is 11.3 Å². The predicted octanol–water partition coefficient (Wildman–Crippen LogP) is 4.78. The number of hydrogen-bond donors (Lipinski definition) is 1. The first-order valence-corrected chi connectivity index (χ1v) is 15.3. The summed E-state index contributed by atoms with van der Waals surface area (Å²) in [5.41, 5.74) is 3.41. The van der Waals surface area contributed by atoms with E-state index in [1.807, 2.05) is 66.0 Å². The number of carbonyl (C=O) groups is 3. The maximum atomic E-state index is 13.7. The number of carbonyl (C=O) groups excluding carboxylic acids is 3. The summed E-state index contributed by atoms with van der Waals surface area (Å²) in [5.74, 6) is 0.286. The fraction of sp³-hybridized carbons (Fsp3) is 0.273. The van der Waals surface area contributed by atoms with E-state index in [0.717, 1.165) is 29.1 Å². The Labute approximate surface area is 253 Å². The van der Waals surface area contributed by atoms with Crippen LogP contribution in [0.1, 0.15) is 38.6 Å². The van der Waals surface area contributed by atoms with Gasteiger partial charge in [-0.15, -0.1) is 11.3 Å². The Kier molecular flexibility index (Phi) is 7.28. The number of anilines is 1. The van der Waals surface area contributed by atoms with Gasteiger partial charge in [0.15, 0.2) is 17.6 Å². The largest absolute Gasteiger partial charge is 0.486 e. The van der Waals surface area contributed by atoms with Gasteiger partial charge in [0.2, 0.25) is 5.91 Å². The molecule has 0 aliphatic carbocycles. The lowest BCUT2D eigenvalue weighted by atomic mass is 9.95. The van der Waals surface area contributed by atoms with Gasteiger partial charge in [-0.3, -0.25) is 19.3 Å². The zero-order valence-corrected chi connectivity index (χ0v) is 24.2. The minimum Gasteiger partial charge on any atom is -0.486 e. The molecule has 0 unspecified atom stereocenters. The van der Waals surface area contributed by atoms with E-state index in [1.54, 1.807) is 12.1 Å². The molecule has 0 spiro atoms. The first kappa shape index (κ1) is 27.2. The number of imide groups is 1. The Balaban J connectivity index is 1.01. The van der Waals surface area contributed by atoms with Gasteiger partial charge in [-0.2, -0.15) is 0 Å². The third-order valence-electron chi connectivity index (χ3n) is 8.10. The Morgan fingerprint density at radius 1 is 0.977 bits per heavy atom. The van der Waals surface area contributed by atoms with Gasteiger partial charge >= 0.3 is 0 Å². The molecule has 1 fully saturated rings. The second-order valence-corrected chi connectivity index (χ2v) is 11.9. The predicted molar refractivity (Wildman–Crippen MR) is 162 cm³/mol. The minimum absolute atomic E-state index is 0.0347. The van der Waals surface area contributed by atoms with Crippen LogP contribution in [0.15, 0.2) is 78.2 Å². The highest BCUT2D eigenvalue weighted by atomic mass is 32.1. The van der Waals surface area contributed by atoms with Crippen molar-refractivity contribution >= 4 is 34.7 Å². The van der Waals surface area contributed by atoms with Crippen molar-refractivity contribution in [3.8, 4) is 22.8 Å². The van der Waals surface area contributed by atoms with Crippen molar-refractivity contribution in [2.45, 2.75) is 25.5 Å². The second kappa shape index (κ2) is 11.5. The Morgan fingerprint density at radius 3 is 2.65 bits per heavy atom. The van der Waals surface area contributed by atoms with Crippen LogP contribution in [0.4, 0.5) is 5.69 Å². The van der Waals surface area contributed by atoms with Gasteiger partial charge in [0.25, 0.3) is 11.8 Å². The smallest absolute Gasteiger partial charge is 0.263 e. The fourth-order valence-electron chi connectivity index (χ4n) is 5.95. The average molecular weight is 595 g/mol. The number of nitrogens with one attached hydrogen (secondary N) is 1. The van der Waals surface area contributed by atoms with E-state index < -0.39 is 6.10 Å². The van der Waals surface area contributed by atoms with Crippen LogP contribution >= 0.6 is 11.3 Å². The first-order valence-electron chi connectivity index (χ1n) is 14.5. The fourth-order valence-corrected chi connectivity index (χ4v) is 6.70. The standard InChI is InChI=1S/C33H30N4O5S/c38-31(34-16-29-35-25(20-43-29)21-8-2-1-3-9-21)22-10-7-15-36(17-22)26-12-6-11-24-30(26)33(40)37(32(24)39)18-23-19-41-27-13-4-5-14-28(27)42-23/h1-6,8-9,11-14,20,22-23H,7,10,15-19H2,(H,34,38)/t22-,23+/m0/s1. The number of piperidine rings is 1. The van der Waals surface area contributed by atoms with Gasteiger partial charge in [0.1, 0.15) is 11.6 Å². The highest BCUT2D eigenvalue weighted by molar-refractivity contribution is 7.09. The number of para-hydroxylation sites is 2. The van der Waals surface area contributed by atoms with E-state index in [1.165, 1.54) is 16.2 Å². The number of amides is 3. The van der Waals surface area contributed by atoms with E-state index >= 15 is 0 Å². The van der Waals surface area contributed by atoms with Gasteiger partial charge in [-0.05, 0) is 37.1 Å². The molecule has 2 atom stereocenters. The van der Waals surface area contributed by atoms with Crippen molar-refractivity contribution in [1.29, 1.82) is 0 Å². The van der Waals surface area contributed by atoms with Crippen LogP contribution < -0.4 is 19.7 Å². The molecular formula is C33H30N4O5S. The third-order valence-corrected chi connectivity index (χ3v) is 8.95. The highest BCUT2D eigenvalue weighted by Gasteiger charge is 2.41. The highest BCUT2D eigenvalue weighted by Crippen LogP contribution is 2.36. The van der Waals surface area contributed by atoms with Gasteiger partial charge in [0, 0.05) is 24.0 Å². The Bertz CT molecular complexity index is 1690. The van der Waals surface area contributed by atoms with Crippen LogP contribution in [0.25, 0.3) is 11.3 Å². The van der Waals surface area contributed by atoms with E-state index in [9.17, 15) is 14.4 Å². The van der Waals surface area contributed by atoms with Crippen molar-refractivity contribution in [2.24, 2.45) is 5.92 Å². The molecule has 43 heavy (non-hydrogen) atoms. The zero-order chi connectivity index (χ0) is 29.3. The van der Waals surface area contributed by atoms with Gasteiger partial charge in [0.05, 0.1) is 41.5 Å². The number of fused-ring (bicyclic) bond motifs is 2. The number of ether oxygens (including phenoxy) is 2. The van der Waals surface area contributed by atoms with Crippen molar-refractivity contribution < 1.29 is 23.9 Å². The Morgan fingerprint density at radius 2 is 1.79 bits per heavy atom. The molecule has 218 valence electrons. The summed E-state index contributed by atoms with van der Waals surface area (Å²) in [4.78, 5) is 48.2. The summed E-state index contributed by atoms with van der Waals surface area (Å²) >= 11 is 1.53. The summed E-state index contributed by atoms with van der Waals surface area (Å²) in [6, 6.07) is 22.7. The zero-order valence-electron chi connectivity index (χ0n) is 23.4. The molecule has 1 N–H and O–H groups in total. The number of rotatable bonds is 7. The van der Waals surface area contributed by atoms with Crippen LogP contribution in [0.3, 0.4) is 0 Å². The normalized spacial score (nSPS) is 19.3. The van der Waals surface area contributed by atoms with Crippen LogP contribution in [-0.4, -0.2) is 60.0 Å². The first-order chi connectivity index (χ1) is 21.0. The molecule has 3 aliphatic heterocycles. The molecule has 10 heteroatoms. The van der Waals surface area contributed by atoms with E-state index in [-0.39, 0.29) is 36.8 Å². The molecule has 0 saturated carbocycles. The Hall–Kier alpha value is -4.70.